The van der Waals surface area contributed by atoms with E-state index in [4.69, 9.17) is 11.6 Å². The van der Waals surface area contributed by atoms with E-state index in [2.05, 4.69) is 28.6 Å². The molecule has 0 aliphatic heterocycles. The van der Waals surface area contributed by atoms with Gasteiger partial charge in [0.05, 0.1) is 0 Å². The normalized spacial score (nSPS) is 25.2. The number of hydrogen-bond acceptors (Lipinski definition) is 2. The van der Waals surface area contributed by atoms with Crippen molar-refractivity contribution in [1.29, 1.82) is 0 Å². The molecule has 0 radical (unpaired) electrons. The topological polar surface area (TPSA) is 30.7 Å². The summed E-state index contributed by atoms with van der Waals surface area (Å²) in [6.45, 7) is 5.50. The lowest BCUT2D eigenvalue weighted by molar-refractivity contribution is 0.431. The first-order chi connectivity index (χ1) is 7.70. The van der Waals surface area contributed by atoms with Crippen LogP contribution in [0.15, 0.2) is 0 Å². The Labute approximate surface area is 102 Å². The molecule has 1 heterocycles. The zero-order valence-electron chi connectivity index (χ0n) is 10.1. The van der Waals surface area contributed by atoms with Crippen molar-refractivity contribution in [2.24, 2.45) is 11.8 Å². The van der Waals surface area contributed by atoms with Gasteiger partial charge in [0.15, 0.2) is 0 Å². The molecule has 1 aliphatic carbocycles. The SMILES string of the molecule is CCCc1nnc(Cl)n1CC1CCC(C)C1. The molecule has 0 amide bonds. The van der Waals surface area contributed by atoms with Gasteiger partial charge in [-0.25, -0.2) is 0 Å². The number of aryl methyl sites for hydroxylation is 1. The molecule has 2 atom stereocenters. The second-order valence-electron chi connectivity index (χ2n) is 5.03. The highest BCUT2D eigenvalue weighted by Crippen LogP contribution is 2.32. The fourth-order valence-corrected chi connectivity index (χ4v) is 2.86. The molecule has 3 nitrogen and oxygen atoms in total. The first-order valence-corrected chi connectivity index (χ1v) is 6.66. The van der Waals surface area contributed by atoms with Crippen LogP contribution in [0.3, 0.4) is 0 Å². The third-order valence-electron chi connectivity index (χ3n) is 3.50. The summed E-state index contributed by atoms with van der Waals surface area (Å²) in [5, 5.41) is 8.68. The Morgan fingerprint density at radius 2 is 2.19 bits per heavy atom. The molecular weight excluding hydrogens is 222 g/mol. The van der Waals surface area contributed by atoms with Gasteiger partial charge in [-0.3, -0.25) is 0 Å². The standard InChI is InChI=1S/C12H20ClN3/c1-3-4-11-14-15-12(13)16(11)8-10-6-5-9(2)7-10/h9-10H,3-8H2,1-2H3. The van der Waals surface area contributed by atoms with Gasteiger partial charge in [0.25, 0.3) is 0 Å². The average Bonchev–Trinajstić information content (AvgIpc) is 2.79. The molecule has 16 heavy (non-hydrogen) atoms. The minimum Gasteiger partial charge on any atom is -0.301 e. The number of rotatable bonds is 4. The molecule has 1 saturated carbocycles. The van der Waals surface area contributed by atoms with Crippen molar-refractivity contribution in [3.05, 3.63) is 11.1 Å². The van der Waals surface area contributed by atoms with Crippen molar-refractivity contribution in [3.63, 3.8) is 0 Å². The van der Waals surface area contributed by atoms with E-state index in [1.165, 1.54) is 19.3 Å². The average molecular weight is 242 g/mol. The molecule has 1 aromatic heterocycles. The number of aromatic nitrogens is 3. The molecule has 2 unspecified atom stereocenters. The third kappa shape index (κ3) is 2.57. The molecule has 0 saturated heterocycles. The highest BCUT2D eigenvalue weighted by molar-refractivity contribution is 6.28. The van der Waals surface area contributed by atoms with Gasteiger partial charge < -0.3 is 4.57 Å². The van der Waals surface area contributed by atoms with Gasteiger partial charge in [0.1, 0.15) is 5.82 Å². The first-order valence-electron chi connectivity index (χ1n) is 6.28. The monoisotopic (exact) mass is 241 g/mol. The van der Waals surface area contributed by atoms with Crippen LogP contribution in [0.2, 0.25) is 5.28 Å². The van der Waals surface area contributed by atoms with Gasteiger partial charge >= 0.3 is 0 Å². The molecule has 0 N–H and O–H groups in total. The zero-order valence-corrected chi connectivity index (χ0v) is 10.9. The van der Waals surface area contributed by atoms with Crippen LogP contribution in [0.1, 0.15) is 45.4 Å². The van der Waals surface area contributed by atoms with Crippen molar-refractivity contribution in [2.75, 3.05) is 0 Å². The van der Waals surface area contributed by atoms with E-state index in [0.717, 1.165) is 37.0 Å². The van der Waals surface area contributed by atoms with E-state index in [9.17, 15) is 0 Å². The van der Waals surface area contributed by atoms with E-state index >= 15 is 0 Å². The highest BCUT2D eigenvalue weighted by atomic mass is 35.5. The van der Waals surface area contributed by atoms with Crippen molar-refractivity contribution in [3.8, 4) is 0 Å². The minimum atomic E-state index is 0.558. The predicted molar refractivity (Wildman–Crippen MR) is 65.5 cm³/mol. The zero-order chi connectivity index (χ0) is 11.5. The lowest BCUT2D eigenvalue weighted by Crippen LogP contribution is -2.11. The predicted octanol–water partition coefficient (Wildman–Crippen LogP) is 3.32. The maximum absolute atomic E-state index is 6.08. The fraction of sp³-hybridized carbons (Fsp3) is 0.833. The van der Waals surface area contributed by atoms with Crippen molar-refractivity contribution >= 4 is 11.6 Å². The molecule has 0 aromatic carbocycles. The Morgan fingerprint density at radius 3 is 2.81 bits per heavy atom. The van der Waals surface area contributed by atoms with Gasteiger partial charge in [-0.2, -0.15) is 0 Å². The maximum Gasteiger partial charge on any atom is 0.225 e. The maximum atomic E-state index is 6.08. The second kappa shape index (κ2) is 5.17. The van der Waals surface area contributed by atoms with Crippen molar-refractivity contribution in [1.82, 2.24) is 14.8 Å². The lowest BCUT2D eigenvalue weighted by atomic mass is 10.1. The van der Waals surface area contributed by atoms with Crippen LogP contribution in [0.25, 0.3) is 0 Å². The van der Waals surface area contributed by atoms with Gasteiger partial charge in [-0.1, -0.05) is 20.3 Å². The third-order valence-corrected chi connectivity index (χ3v) is 3.78. The van der Waals surface area contributed by atoms with Gasteiger partial charge in [0, 0.05) is 13.0 Å². The Morgan fingerprint density at radius 1 is 1.38 bits per heavy atom. The number of nitrogens with zero attached hydrogens (tertiary/aromatic N) is 3. The summed E-state index contributed by atoms with van der Waals surface area (Å²) in [5.74, 6) is 2.68. The molecule has 4 heteroatoms. The van der Waals surface area contributed by atoms with E-state index in [1.54, 1.807) is 0 Å². The summed E-state index contributed by atoms with van der Waals surface area (Å²) in [6.07, 6.45) is 6.06. The van der Waals surface area contributed by atoms with Gasteiger partial charge in [-0.15, -0.1) is 10.2 Å². The fourth-order valence-electron chi connectivity index (χ4n) is 2.65. The Balaban J connectivity index is 2.05. The molecule has 1 aliphatic rings. The van der Waals surface area contributed by atoms with Crippen LogP contribution < -0.4 is 0 Å². The van der Waals surface area contributed by atoms with Crippen LogP contribution >= 0.6 is 11.6 Å². The molecule has 0 bridgehead atoms. The molecular formula is C12H20ClN3. The summed E-state index contributed by atoms with van der Waals surface area (Å²) in [7, 11) is 0. The van der Waals surface area contributed by atoms with Gasteiger partial charge in [0.2, 0.25) is 5.28 Å². The van der Waals surface area contributed by atoms with Crippen molar-refractivity contribution < 1.29 is 0 Å². The molecule has 1 fully saturated rings. The second-order valence-corrected chi connectivity index (χ2v) is 5.37. The Hall–Kier alpha value is -0.570. The summed E-state index contributed by atoms with van der Waals surface area (Å²) in [5.41, 5.74) is 0. The van der Waals surface area contributed by atoms with E-state index < -0.39 is 0 Å². The highest BCUT2D eigenvalue weighted by Gasteiger charge is 2.23. The van der Waals surface area contributed by atoms with Crippen LogP contribution in [0.5, 0.6) is 0 Å². The molecule has 90 valence electrons. The summed E-state index contributed by atoms with van der Waals surface area (Å²) in [4.78, 5) is 0. The largest absolute Gasteiger partial charge is 0.301 e. The Kier molecular flexibility index (Phi) is 3.85. The van der Waals surface area contributed by atoms with E-state index in [-0.39, 0.29) is 0 Å². The molecule has 2 rings (SSSR count). The number of hydrogen-bond donors (Lipinski definition) is 0. The van der Waals surface area contributed by atoms with Crippen LogP contribution in [0, 0.1) is 11.8 Å². The minimum absolute atomic E-state index is 0.558. The van der Waals surface area contributed by atoms with E-state index in [1.807, 2.05) is 0 Å². The summed E-state index contributed by atoms with van der Waals surface area (Å²) >= 11 is 6.08. The Bertz CT molecular complexity index is 348. The lowest BCUT2D eigenvalue weighted by Gasteiger charge is -2.13. The quantitative estimate of drug-likeness (QED) is 0.810. The van der Waals surface area contributed by atoms with Crippen molar-refractivity contribution in [2.45, 2.75) is 52.5 Å². The van der Waals surface area contributed by atoms with Gasteiger partial charge in [-0.05, 0) is 42.7 Å². The van der Waals surface area contributed by atoms with Crippen LogP contribution in [-0.4, -0.2) is 14.8 Å². The van der Waals surface area contributed by atoms with Crippen LogP contribution in [0.4, 0.5) is 0 Å². The summed E-state index contributed by atoms with van der Waals surface area (Å²) in [6, 6.07) is 0. The first kappa shape index (κ1) is 11.9. The van der Waals surface area contributed by atoms with Crippen LogP contribution in [-0.2, 0) is 13.0 Å². The number of halogens is 1. The summed E-state index contributed by atoms with van der Waals surface area (Å²) < 4.78 is 2.10. The van der Waals surface area contributed by atoms with E-state index in [0.29, 0.717) is 5.28 Å². The molecule has 0 spiro atoms. The smallest absolute Gasteiger partial charge is 0.225 e. The molecule has 1 aromatic rings.